The minimum Gasteiger partial charge on any atom is -0.506 e. The zero-order valence-electron chi connectivity index (χ0n) is 9.43. The van der Waals surface area contributed by atoms with Crippen molar-refractivity contribution in [1.29, 1.82) is 0 Å². The number of benzene rings is 1. The summed E-state index contributed by atoms with van der Waals surface area (Å²) in [6.07, 6.45) is 2.70. The van der Waals surface area contributed by atoms with Crippen LogP contribution < -0.4 is 5.32 Å². The molecular weight excluding hydrogens is 296 g/mol. The van der Waals surface area contributed by atoms with E-state index in [9.17, 15) is 9.90 Å². The number of carbonyl (C=O) groups excluding carboxylic acids is 1. The minimum atomic E-state index is -0.265. The lowest BCUT2D eigenvalue weighted by molar-refractivity contribution is 0.0950. The molecule has 2 aromatic rings. The lowest BCUT2D eigenvalue weighted by Crippen LogP contribution is -2.22. The number of nitrogens with zero attached hydrogens (tertiary/aromatic N) is 1. The molecule has 18 heavy (non-hydrogen) atoms. The maximum Gasteiger partial charge on any atom is 0.253 e. The monoisotopic (exact) mass is 306 g/mol. The third-order valence-corrected chi connectivity index (χ3v) is 2.82. The molecule has 0 aliphatic carbocycles. The number of hydrogen-bond donors (Lipinski definition) is 2. The third kappa shape index (κ3) is 3.30. The Morgan fingerprint density at radius 1 is 1.33 bits per heavy atom. The Labute approximate surface area is 113 Å². The number of amides is 1. The molecule has 0 aliphatic rings. The summed E-state index contributed by atoms with van der Waals surface area (Å²) < 4.78 is 0.966. The second-order valence-electron chi connectivity index (χ2n) is 3.74. The molecule has 0 unspecified atom stereocenters. The molecular formula is C13H11BrN2O2. The summed E-state index contributed by atoms with van der Waals surface area (Å²) in [5.74, 6) is -0.288. The van der Waals surface area contributed by atoms with Crippen LogP contribution in [0.15, 0.2) is 47.2 Å². The van der Waals surface area contributed by atoms with E-state index in [0.717, 1.165) is 10.0 Å². The van der Waals surface area contributed by atoms with Crippen molar-refractivity contribution in [1.82, 2.24) is 10.3 Å². The zero-order chi connectivity index (χ0) is 13.0. The van der Waals surface area contributed by atoms with Gasteiger partial charge in [0.2, 0.25) is 0 Å². The first-order valence-corrected chi connectivity index (χ1v) is 6.11. The topological polar surface area (TPSA) is 62.2 Å². The van der Waals surface area contributed by atoms with Crippen molar-refractivity contribution in [2.24, 2.45) is 0 Å². The zero-order valence-corrected chi connectivity index (χ0v) is 11.0. The SMILES string of the molecule is O=C(NCc1cccc(Br)c1)c1cncc(O)c1. The smallest absolute Gasteiger partial charge is 0.253 e. The molecule has 1 aromatic carbocycles. The second kappa shape index (κ2) is 5.64. The number of hydrogen-bond acceptors (Lipinski definition) is 3. The molecule has 0 bridgehead atoms. The van der Waals surface area contributed by atoms with E-state index in [0.29, 0.717) is 12.1 Å². The molecule has 0 saturated carbocycles. The van der Waals surface area contributed by atoms with E-state index in [1.807, 2.05) is 24.3 Å². The summed E-state index contributed by atoms with van der Waals surface area (Å²) in [5, 5.41) is 12.0. The molecule has 0 atom stereocenters. The summed E-state index contributed by atoms with van der Waals surface area (Å²) >= 11 is 3.37. The van der Waals surface area contributed by atoms with Crippen LogP contribution in [0.5, 0.6) is 5.75 Å². The number of aromatic nitrogens is 1. The normalized spacial score (nSPS) is 10.1. The predicted octanol–water partition coefficient (Wildman–Crippen LogP) is 2.48. The predicted molar refractivity (Wildman–Crippen MR) is 71.2 cm³/mol. The van der Waals surface area contributed by atoms with Crippen LogP contribution in [0.3, 0.4) is 0 Å². The average Bonchev–Trinajstić information content (AvgIpc) is 2.36. The van der Waals surface area contributed by atoms with Gasteiger partial charge in [-0.05, 0) is 23.8 Å². The Bertz CT molecular complexity index is 572. The van der Waals surface area contributed by atoms with Gasteiger partial charge in [-0.2, -0.15) is 0 Å². The first-order valence-electron chi connectivity index (χ1n) is 5.32. The van der Waals surface area contributed by atoms with Crippen LogP contribution in [0.25, 0.3) is 0 Å². The van der Waals surface area contributed by atoms with E-state index in [-0.39, 0.29) is 11.7 Å². The van der Waals surface area contributed by atoms with Gasteiger partial charge in [-0.15, -0.1) is 0 Å². The van der Waals surface area contributed by atoms with Crippen LogP contribution in [0, 0.1) is 0 Å². The lowest BCUT2D eigenvalue weighted by atomic mass is 10.2. The number of aromatic hydroxyl groups is 1. The van der Waals surface area contributed by atoms with Gasteiger partial charge in [0, 0.05) is 17.2 Å². The molecule has 0 radical (unpaired) electrons. The molecule has 0 saturated heterocycles. The summed E-state index contributed by atoms with van der Waals surface area (Å²) in [6, 6.07) is 9.06. The van der Waals surface area contributed by atoms with Crippen LogP contribution in [0.1, 0.15) is 15.9 Å². The highest BCUT2D eigenvalue weighted by molar-refractivity contribution is 9.10. The fraction of sp³-hybridized carbons (Fsp3) is 0.0769. The van der Waals surface area contributed by atoms with E-state index in [4.69, 9.17) is 0 Å². The first kappa shape index (κ1) is 12.6. The maximum atomic E-state index is 11.8. The highest BCUT2D eigenvalue weighted by Gasteiger charge is 2.06. The van der Waals surface area contributed by atoms with E-state index in [2.05, 4.69) is 26.2 Å². The van der Waals surface area contributed by atoms with Crippen molar-refractivity contribution in [3.63, 3.8) is 0 Å². The van der Waals surface area contributed by atoms with Crippen LogP contribution in [0.4, 0.5) is 0 Å². The molecule has 2 rings (SSSR count). The molecule has 1 amide bonds. The largest absolute Gasteiger partial charge is 0.506 e. The number of nitrogens with one attached hydrogen (secondary N) is 1. The molecule has 0 spiro atoms. The molecule has 1 aromatic heterocycles. The Balaban J connectivity index is 2.00. The number of carbonyl (C=O) groups is 1. The van der Waals surface area contributed by atoms with Gasteiger partial charge in [0.1, 0.15) is 5.75 Å². The molecule has 0 fully saturated rings. The molecule has 4 nitrogen and oxygen atoms in total. The summed E-state index contributed by atoms with van der Waals surface area (Å²) in [4.78, 5) is 15.5. The minimum absolute atomic E-state index is 0.0231. The van der Waals surface area contributed by atoms with Gasteiger partial charge in [0.25, 0.3) is 5.91 Å². The molecule has 1 heterocycles. The van der Waals surface area contributed by atoms with Crippen molar-refractivity contribution in [3.05, 3.63) is 58.3 Å². The number of rotatable bonds is 3. The van der Waals surface area contributed by atoms with Crippen molar-refractivity contribution in [3.8, 4) is 5.75 Å². The second-order valence-corrected chi connectivity index (χ2v) is 4.66. The van der Waals surface area contributed by atoms with Gasteiger partial charge in [-0.25, -0.2) is 0 Å². The van der Waals surface area contributed by atoms with Gasteiger partial charge >= 0.3 is 0 Å². The molecule has 2 N–H and O–H groups in total. The van der Waals surface area contributed by atoms with Crippen LogP contribution in [-0.4, -0.2) is 16.0 Å². The van der Waals surface area contributed by atoms with Gasteiger partial charge in [0.05, 0.1) is 11.8 Å². The fourth-order valence-corrected chi connectivity index (χ4v) is 1.93. The van der Waals surface area contributed by atoms with Crippen LogP contribution >= 0.6 is 15.9 Å². The number of pyridine rings is 1. The van der Waals surface area contributed by atoms with Crippen LogP contribution in [0.2, 0.25) is 0 Å². The third-order valence-electron chi connectivity index (χ3n) is 2.33. The van der Waals surface area contributed by atoms with Crippen molar-refractivity contribution in [2.75, 3.05) is 0 Å². The quantitative estimate of drug-likeness (QED) is 0.916. The maximum absolute atomic E-state index is 11.8. The summed E-state index contributed by atoms with van der Waals surface area (Å²) in [7, 11) is 0. The van der Waals surface area contributed by atoms with Crippen molar-refractivity contribution >= 4 is 21.8 Å². The van der Waals surface area contributed by atoms with Gasteiger partial charge in [0.15, 0.2) is 0 Å². The van der Waals surface area contributed by atoms with E-state index < -0.39 is 0 Å². The molecule has 92 valence electrons. The molecule has 0 aliphatic heterocycles. The highest BCUT2D eigenvalue weighted by Crippen LogP contribution is 2.12. The summed E-state index contributed by atoms with van der Waals surface area (Å²) in [6.45, 7) is 0.425. The Hall–Kier alpha value is -1.88. The van der Waals surface area contributed by atoms with E-state index in [1.54, 1.807) is 0 Å². The summed E-state index contributed by atoms with van der Waals surface area (Å²) in [5.41, 5.74) is 1.33. The fourth-order valence-electron chi connectivity index (χ4n) is 1.48. The van der Waals surface area contributed by atoms with Crippen molar-refractivity contribution in [2.45, 2.75) is 6.54 Å². The van der Waals surface area contributed by atoms with Gasteiger partial charge < -0.3 is 10.4 Å². The van der Waals surface area contributed by atoms with Crippen molar-refractivity contribution < 1.29 is 9.90 Å². The standard InChI is InChI=1S/C13H11BrN2O2/c14-11-3-1-2-9(4-11)6-16-13(18)10-5-12(17)8-15-7-10/h1-5,7-8,17H,6H2,(H,16,18). The van der Waals surface area contributed by atoms with E-state index >= 15 is 0 Å². The van der Waals surface area contributed by atoms with Gasteiger partial charge in [-0.3, -0.25) is 9.78 Å². The molecule has 5 heteroatoms. The van der Waals surface area contributed by atoms with E-state index in [1.165, 1.54) is 18.5 Å². The first-order chi connectivity index (χ1) is 8.65. The number of halogens is 1. The average molecular weight is 307 g/mol. The van der Waals surface area contributed by atoms with Crippen LogP contribution in [-0.2, 0) is 6.54 Å². The van der Waals surface area contributed by atoms with Gasteiger partial charge in [-0.1, -0.05) is 28.1 Å². The lowest BCUT2D eigenvalue weighted by Gasteiger charge is -2.05. The Kier molecular flexibility index (Phi) is 3.94. The Morgan fingerprint density at radius 2 is 2.17 bits per heavy atom. The Morgan fingerprint density at radius 3 is 2.89 bits per heavy atom. The highest BCUT2D eigenvalue weighted by atomic mass is 79.9.